The molecule has 2 aliphatic rings. The fourth-order valence-electron chi connectivity index (χ4n) is 3.00. The van der Waals surface area contributed by atoms with Crippen molar-refractivity contribution in [3.63, 3.8) is 0 Å². The van der Waals surface area contributed by atoms with Gasteiger partial charge in [-0.25, -0.2) is 0 Å². The summed E-state index contributed by atoms with van der Waals surface area (Å²) in [4.78, 5) is 6.92. The van der Waals surface area contributed by atoms with E-state index in [-0.39, 0.29) is 6.10 Å². The Bertz CT molecular complexity index is 407. The number of aromatic nitrogens is 3. The molecule has 1 aromatic rings. The standard InChI is InChI=1S/C12H21N5O/c1-8(18-2)11-14-12(16-15-11)17-5-3-4-9-6-13-7-10(9)17/h8-10,13H,3-7H2,1-2H3,(H,14,15,16). The third-order valence-corrected chi connectivity index (χ3v) is 4.16. The molecule has 6 heteroatoms. The van der Waals surface area contributed by atoms with E-state index < -0.39 is 0 Å². The summed E-state index contributed by atoms with van der Waals surface area (Å²) in [5, 5.41) is 10.8. The molecule has 0 bridgehead atoms. The zero-order chi connectivity index (χ0) is 12.5. The highest BCUT2D eigenvalue weighted by atomic mass is 16.5. The fraction of sp³-hybridized carbons (Fsp3) is 0.833. The lowest BCUT2D eigenvalue weighted by molar-refractivity contribution is 0.112. The first-order valence-corrected chi connectivity index (χ1v) is 6.72. The Morgan fingerprint density at radius 2 is 2.33 bits per heavy atom. The van der Waals surface area contributed by atoms with E-state index in [2.05, 4.69) is 25.4 Å². The van der Waals surface area contributed by atoms with E-state index >= 15 is 0 Å². The number of hydrogen-bond donors (Lipinski definition) is 2. The molecule has 3 atom stereocenters. The molecule has 0 aliphatic carbocycles. The van der Waals surface area contributed by atoms with Crippen molar-refractivity contribution in [2.24, 2.45) is 5.92 Å². The highest BCUT2D eigenvalue weighted by Gasteiger charge is 2.36. The van der Waals surface area contributed by atoms with Gasteiger partial charge >= 0.3 is 0 Å². The Morgan fingerprint density at radius 3 is 3.17 bits per heavy atom. The van der Waals surface area contributed by atoms with Crippen LogP contribution in [0.2, 0.25) is 0 Å². The summed E-state index contributed by atoms with van der Waals surface area (Å²) in [5.74, 6) is 2.38. The van der Waals surface area contributed by atoms with E-state index in [4.69, 9.17) is 4.74 Å². The van der Waals surface area contributed by atoms with Gasteiger partial charge in [0, 0.05) is 32.8 Å². The van der Waals surface area contributed by atoms with Gasteiger partial charge in [-0.05, 0) is 25.7 Å². The fourth-order valence-corrected chi connectivity index (χ4v) is 3.00. The van der Waals surface area contributed by atoms with Crippen LogP contribution in [0.25, 0.3) is 0 Å². The second-order valence-electron chi connectivity index (χ2n) is 5.22. The van der Waals surface area contributed by atoms with Gasteiger partial charge in [0.25, 0.3) is 0 Å². The first-order chi connectivity index (χ1) is 8.79. The van der Waals surface area contributed by atoms with Gasteiger partial charge < -0.3 is 15.0 Å². The number of piperidine rings is 1. The van der Waals surface area contributed by atoms with Crippen molar-refractivity contribution in [3.05, 3.63) is 5.82 Å². The predicted molar refractivity (Wildman–Crippen MR) is 68.5 cm³/mol. The van der Waals surface area contributed by atoms with Gasteiger partial charge in [-0.2, -0.15) is 4.98 Å². The number of fused-ring (bicyclic) bond motifs is 1. The van der Waals surface area contributed by atoms with E-state index in [0.717, 1.165) is 37.3 Å². The van der Waals surface area contributed by atoms with Crippen molar-refractivity contribution in [3.8, 4) is 0 Å². The third-order valence-electron chi connectivity index (χ3n) is 4.16. The molecule has 0 aromatic carbocycles. The molecular weight excluding hydrogens is 230 g/mol. The normalized spacial score (nSPS) is 29.3. The lowest BCUT2D eigenvalue weighted by Gasteiger charge is -2.36. The molecule has 2 saturated heterocycles. The molecule has 0 amide bonds. The largest absolute Gasteiger partial charge is 0.374 e. The first kappa shape index (κ1) is 11.9. The number of aromatic amines is 1. The molecule has 1 aromatic heterocycles. The number of methoxy groups -OCH3 is 1. The maximum Gasteiger partial charge on any atom is 0.245 e. The van der Waals surface area contributed by atoms with Crippen LogP contribution in [0.5, 0.6) is 0 Å². The second-order valence-corrected chi connectivity index (χ2v) is 5.22. The Labute approximate surface area is 107 Å². The molecule has 0 spiro atoms. The minimum absolute atomic E-state index is 0.0338. The van der Waals surface area contributed by atoms with Crippen LogP contribution in [0.1, 0.15) is 31.7 Å². The average Bonchev–Trinajstić information content (AvgIpc) is 3.05. The van der Waals surface area contributed by atoms with Crippen LogP contribution in [0.4, 0.5) is 5.95 Å². The van der Waals surface area contributed by atoms with E-state index in [1.54, 1.807) is 7.11 Å². The van der Waals surface area contributed by atoms with Crippen molar-refractivity contribution < 1.29 is 4.74 Å². The van der Waals surface area contributed by atoms with Gasteiger partial charge in [0.15, 0.2) is 5.82 Å². The SMILES string of the molecule is COC(C)c1nc(N2CCCC3CNCC32)n[nH]1. The lowest BCUT2D eigenvalue weighted by Crippen LogP contribution is -2.45. The van der Waals surface area contributed by atoms with Crippen molar-refractivity contribution in [1.29, 1.82) is 0 Å². The van der Waals surface area contributed by atoms with Gasteiger partial charge in [0.05, 0.1) is 0 Å². The van der Waals surface area contributed by atoms with Gasteiger partial charge in [-0.3, -0.25) is 5.10 Å². The summed E-state index contributed by atoms with van der Waals surface area (Å²) >= 11 is 0. The van der Waals surface area contributed by atoms with Crippen molar-refractivity contribution in [1.82, 2.24) is 20.5 Å². The van der Waals surface area contributed by atoms with Crippen LogP contribution >= 0.6 is 0 Å². The third kappa shape index (κ3) is 1.99. The maximum atomic E-state index is 5.26. The zero-order valence-corrected chi connectivity index (χ0v) is 11.0. The summed E-state index contributed by atoms with van der Waals surface area (Å²) in [6.07, 6.45) is 2.51. The summed E-state index contributed by atoms with van der Waals surface area (Å²) in [5.41, 5.74) is 0. The van der Waals surface area contributed by atoms with Crippen LogP contribution in [0.15, 0.2) is 0 Å². The Morgan fingerprint density at radius 1 is 1.44 bits per heavy atom. The molecule has 0 saturated carbocycles. The van der Waals surface area contributed by atoms with Gasteiger partial charge in [-0.1, -0.05) is 0 Å². The highest BCUT2D eigenvalue weighted by Crippen LogP contribution is 2.29. The molecule has 3 heterocycles. The van der Waals surface area contributed by atoms with Crippen LogP contribution in [0.3, 0.4) is 0 Å². The molecule has 0 radical (unpaired) electrons. The molecule has 100 valence electrons. The number of anilines is 1. The van der Waals surface area contributed by atoms with Gasteiger partial charge in [-0.15, -0.1) is 5.10 Å². The van der Waals surface area contributed by atoms with E-state index in [1.165, 1.54) is 12.8 Å². The van der Waals surface area contributed by atoms with Crippen molar-refractivity contribution in [2.75, 3.05) is 31.6 Å². The Kier molecular flexibility index (Phi) is 3.22. The van der Waals surface area contributed by atoms with Gasteiger partial charge in [0.1, 0.15) is 6.10 Å². The van der Waals surface area contributed by atoms with Crippen molar-refractivity contribution in [2.45, 2.75) is 31.9 Å². The predicted octanol–water partition coefficient (Wildman–Crippen LogP) is 0.700. The molecular formula is C12H21N5O. The van der Waals surface area contributed by atoms with Crippen LogP contribution in [-0.4, -0.2) is 48.0 Å². The Balaban J connectivity index is 1.79. The van der Waals surface area contributed by atoms with Crippen molar-refractivity contribution >= 4 is 5.95 Å². The lowest BCUT2D eigenvalue weighted by atomic mass is 9.92. The number of nitrogens with one attached hydrogen (secondary N) is 2. The molecule has 3 unspecified atom stereocenters. The second kappa shape index (κ2) is 4.85. The van der Waals surface area contributed by atoms with E-state index in [9.17, 15) is 0 Å². The highest BCUT2D eigenvalue weighted by molar-refractivity contribution is 5.33. The minimum Gasteiger partial charge on any atom is -0.374 e. The smallest absolute Gasteiger partial charge is 0.245 e. The summed E-state index contributed by atoms with van der Waals surface area (Å²) in [6.45, 7) is 5.21. The molecule has 2 aliphatic heterocycles. The van der Waals surface area contributed by atoms with Crippen LogP contribution in [0, 0.1) is 5.92 Å². The molecule has 2 N–H and O–H groups in total. The number of H-pyrrole nitrogens is 1. The van der Waals surface area contributed by atoms with E-state index in [0.29, 0.717) is 6.04 Å². The number of ether oxygens (including phenoxy) is 1. The molecule has 2 fully saturated rings. The monoisotopic (exact) mass is 251 g/mol. The van der Waals surface area contributed by atoms with Crippen LogP contribution < -0.4 is 10.2 Å². The summed E-state index contributed by atoms with van der Waals surface area (Å²) < 4.78 is 5.26. The maximum absolute atomic E-state index is 5.26. The number of hydrogen-bond acceptors (Lipinski definition) is 5. The Hall–Kier alpha value is -1.14. The zero-order valence-electron chi connectivity index (χ0n) is 11.0. The molecule has 6 nitrogen and oxygen atoms in total. The molecule has 18 heavy (non-hydrogen) atoms. The number of nitrogens with zero attached hydrogens (tertiary/aromatic N) is 3. The topological polar surface area (TPSA) is 66.1 Å². The molecule has 3 rings (SSSR count). The number of rotatable bonds is 3. The van der Waals surface area contributed by atoms with E-state index in [1.807, 2.05) is 6.92 Å². The first-order valence-electron chi connectivity index (χ1n) is 6.72. The average molecular weight is 251 g/mol. The van der Waals surface area contributed by atoms with Gasteiger partial charge in [0.2, 0.25) is 5.95 Å². The summed E-state index contributed by atoms with van der Waals surface area (Å²) in [7, 11) is 1.69. The minimum atomic E-state index is -0.0338. The quantitative estimate of drug-likeness (QED) is 0.828. The summed E-state index contributed by atoms with van der Waals surface area (Å²) in [6, 6.07) is 0.556. The van der Waals surface area contributed by atoms with Crippen LogP contribution in [-0.2, 0) is 4.74 Å².